The Morgan fingerprint density at radius 3 is 2.88 bits per heavy atom. The second-order valence-electron chi connectivity index (χ2n) is 3.46. The predicted octanol–water partition coefficient (Wildman–Crippen LogP) is 1.21. The maximum atomic E-state index is 4.65. The zero-order valence-electron chi connectivity index (χ0n) is 9.14. The summed E-state index contributed by atoms with van der Waals surface area (Å²) >= 11 is 1.71. The molecule has 0 aromatic carbocycles. The van der Waals surface area contributed by atoms with Gasteiger partial charge in [-0.1, -0.05) is 5.16 Å². The van der Waals surface area contributed by atoms with Crippen LogP contribution in [-0.2, 0) is 12.8 Å². The number of hydrogen-bond donors (Lipinski definition) is 1. The number of nitrogens with one attached hydrogen (secondary N) is 1. The first kappa shape index (κ1) is 11.2. The largest absolute Gasteiger partial charge is 0.343 e. The zero-order valence-corrected chi connectivity index (χ0v) is 9.96. The highest BCUT2D eigenvalue weighted by Crippen LogP contribution is 2.11. The second-order valence-corrected chi connectivity index (χ2v) is 4.40. The van der Waals surface area contributed by atoms with Gasteiger partial charge in [-0.2, -0.15) is 4.98 Å². The van der Waals surface area contributed by atoms with Crippen LogP contribution in [0.1, 0.15) is 16.4 Å². The smallest absolute Gasteiger partial charge is 0.213 e. The van der Waals surface area contributed by atoms with Gasteiger partial charge >= 0.3 is 0 Å². The van der Waals surface area contributed by atoms with Crippen molar-refractivity contribution in [1.29, 1.82) is 0 Å². The van der Waals surface area contributed by atoms with E-state index in [-0.39, 0.29) is 0 Å². The summed E-state index contributed by atoms with van der Waals surface area (Å²) in [5, 5.41) is 7.09. The van der Waals surface area contributed by atoms with E-state index in [0.29, 0.717) is 0 Å². The van der Waals surface area contributed by atoms with Crippen LogP contribution in [0.15, 0.2) is 16.4 Å². The van der Waals surface area contributed by atoms with Gasteiger partial charge < -0.3 is 9.84 Å². The Morgan fingerprint density at radius 2 is 2.19 bits per heavy atom. The first-order valence-corrected chi connectivity index (χ1v) is 6.09. The minimum atomic E-state index is 0.751. The van der Waals surface area contributed by atoms with Gasteiger partial charge in [0.25, 0.3) is 0 Å². The van der Waals surface area contributed by atoms with Crippen LogP contribution in [0.4, 0.5) is 0 Å². The Hall–Kier alpha value is -1.27. The molecule has 2 rings (SSSR count). The summed E-state index contributed by atoms with van der Waals surface area (Å²) < 4.78 is 4.65. The lowest BCUT2D eigenvalue weighted by Gasteiger charge is -2.01. The van der Waals surface area contributed by atoms with Gasteiger partial charge in [0.15, 0.2) is 5.82 Å². The molecule has 0 spiro atoms. The number of hydrogen-bond acceptors (Lipinski definition) is 6. The minimum absolute atomic E-state index is 0.751. The summed E-state index contributed by atoms with van der Waals surface area (Å²) in [5.74, 6) is 0.751. The van der Waals surface area contributed by atoms with E-state index in [1.807, 2.05) is 12.4 Å². The van der Waals surface area contributed by atoms with E-state index < -0.39 is 0 Å². The molecule has 0 atom stereocenters. The molecule has 0 aliphatic rings. The third-order valence-corrected chi connectivity index (χ3v) is 3.30. The monoisotopic (exact) mass is 238 g/mol. The summed E-state index contributed by atoms with van der Waals surface area (Å²) in [5.41, 5.74) is 3.04. The fraction of sp³-hybridized carbons (Fsp3) is 0.500. The molecule has 0 aliphatic carbocycles. The maximum absolute atomic E-state index is 4.65. The normalized spacial score (nSPS) is 10.8. The van der Waals surface area contributed by atoms with E-state index in [0.717, 1.165) is 37.4 Å². The van der Waals surface area contributed by atoms with Crippen LogP contribution >= 0.6 is 11.3 Å². The number of thiazole rings is 1. The molecule has 2 aromatic rings. The lowest BCUT2D eigenvalue weighted by atomic mass is 10.3. The number of aromatic nitrogens is 3. The van der Waals surface area contributed by atoms with Crippen LogP contribution in [0.3, 0.4) is 0 Å². The topological polar surface area (TPSA) is 63.8 Å². The van der Waals surface area contributed by atoms with Crippen LogP contribution < -0.4 is 5.32 Å². The molecule has 6 heteroatoms. The maximum Gasteiger partial charge on any atom is 0.213 e. The lowest BCUT2D eigenvalue weighted by Crippen LogP contribution is -2.20. The molecule has 5 nitrogen and oxygen atoms in total. The molecular formula is C10H14N4OS. The third kappa shape index (κ3) is 3.11. The van der Waals surface area contributed by atoms with Gasteiger partial charge in [0.05, 0.1) is 11.2 Å². The molecule has 0 unspecified atom stereocenters. The first-order chi connectivity index (χ1) is 7.86. The highest BCUT2D eigenvalue weighted by molar-refractivity contribution is 7.09. The van der Waals surface area contributed by atoms with E-state index >= 15 is 0 Å². The highest BCUT2D eigenvalue weighted by Gasteiger charge is 2.01. The lowest BCUT2D eigenvalue weighted by molar-refractivity contribution is 0.409. The molecule has 0 fully saturated rings. The van der Waals surface area contributed by atoms with Crippen LogP contribution in [0, 0.1) is 6.92 Å². The molecule has 0 radical (unpaired) electrons. The van der Waals surface area contributed by atoms with Gasteiger partial charge in [0.1, 0.15) is 0 Å². The van der Waals surface area contributed by atoms with Crippen molar-refractivity contribution in [3.05, 3.63) is 28.3 Å². The molecule has 2 heterocycles. The van der Waals surface area contributed by atoms with Crippen molar-refractivity contribution in [3.63, 3.8) is 0 Å². The number of nitrogens with zero attached hydrogens (tertiary/aromatic N) is 3. The van der Waals surface area contributed by atoms with Crippen LogP contribution in [0.2, 0.25) is 0 Å². The molecule has 0 aliphatic heterocycles. The molecule has 0 saturated carbocycles. The molecular weight excluding hydrogens is 224 g/mol. The van der Waals surface area contributed by atoms with Crippen molar-refractivity contribution in [2.24, 2.45) is 0 Å². The summed E-state index contributed by atoms with van der Waals surface area (Å²) in [6.07, 6.45) is 3.19. The van der Waals surface area contributed by atoms with Crippen molar-refractivity contribution in [3.8, 4) is 0 Å². The fourth-order valence-electron chi connectivity index (χ4n) is 1.40. The van der Waals surface area contributed by atoms with Gasteiger partial charge in [-0.15, -0.1) is 11.3 Å². The predicted molar refractivity (Wildman–Crippen MR) is 61.4 cm³/mol. The van der Waals surface area contributed by atoms with Crippen molar-refractivity contribution >= 4 is 11.3 Å². The van der Waals surface area contributed by atoms with Crippen molar-refractivity contribution in [2.75, 3.05) is 13.1 Å². The molecule has 0 saturated heterocycles. The fourth-order valence-corrected chi connectivity index (χ4v) is 2.18. The number of aryl methyl sites for hydroxylation is 1. The average Bonchev–Trinajstić information content (AvgIpc) is 2.90. The van der Waals surface area contributed by atoms with Gasteiger partial charge in [0, 0.05) is 24.4 Å². The molecule has 0 bridgehead atoms. The van der Waals surface area contributed by atoms with E-state index in [1.165, 1.54) is 11.3 Å². The van der Waals surface area contributed by atoms with Crippen LogP contribution in [0.5, 0.6) is 0 Å². The molecule has 0 amide bonds. The van der Waals surface area contributed by atoms with Crippen molar-refractivity contribution in [1.82, 2.24) is 20.4 Å². The standard InChI is InChI=1S/C10H14N4OS/c1-8-9(16-7-13-8)2-4-11-5-3-10-12-6-15-14-10/h6-7,11H,2-5H2,1H3. The first-order valence-electron chi connectivity index (χ1n) is 5.21. The van der Waals surface area contributed by atoms with Crippen molar-refractivity contribution < 1.29 is 4.52 Å². The number of rotatable bonds is 6. The van der Waals surface area contributed by atoms with Gasteiger partial charge in [-0.05, 0) is 13.3 Å². The van der Waals surface area contributed by atoms with Crippen molar-refractivity contribution in [2.45, 2.75) is 19.8 Å². The average molecular weight is 238 g/mol. The van der Waals surface area contributed by atoms with Crippen LogP contribution in [0.25, 0.3) is 0 Å². The van der Waals surface area contributed by atoms with E-state index in [4.69, 9.17) is 0 Å². The summed E-state index contributed by atoms with van der Waals surface area (Å²) in [7, 11) is 0. The molecule has 86 valence electrons. The Balaban J connectivity index is 1.61. The van der Waals surface area contributed by atoms with Gasteiger partial charge in [-0.3, -0.25) is 0 Å². The summed E-state index contributed by atoms with van der Waals surface area (Å²) in [4.78, 5) is 9.52. The third-order valence-electron chi connectivity index (χ3n) is 2.31. The Morgan fingerprint density at radius 1 is 1.31 bits per heavy atom. The van der Waals surface area contributed by atoms with Gasteiger partial charge in [-0.25, -0.2) is 4.98 Å². The van der Waals surface area contributed by atoms with E-state index in [1.54, 1.807) is 11.3 Å². The van der Waals surface area contributed by atoms with Gasteiger partial charge in [0.2, 0.25) is 6.39 Å². The Bertz CT molecular complexity index is 412. The summed E-state index contributed by atoms with van der Waals surface area (Å²) in [6, 6.07) is 0. The molecule has 2 aromatic heterocycles. The minimum Gasteiger partial charge on any atom is -0.343 e. The highest BCUT2D eigenvalue weighted by atomic mass is 32.1. The van der Waals surface area contributed by atoms with E-state index in [2.05, 4.69) is 25.0 Å². The second kappa shape index (κ2) is 5.72. The summed E-state index contributed by atoms with van der Waals surface area (Å²) in [6.45, 7) is 3.88. The SMILES string of the molecule is Cc1ncsc1CCNCCc1ncon1. The Kier molecular flexibility index (Phi) is 4.01. The van der Waals surface area contributed by atoms with Crippen LogP contribution in [-0.4, -0.2) is 28.2 Å². The molecule has 1 N–H and O–H groups in total. The molecule has 16 heavy (non-hydrogen) atoms. The quantitative estimate of drug-likeness (QED) is 0.766. The van der Waals surface area contributed by atoms with E-state index in [9.17, 15) is 0 Å². The Labute approximate surface area is 97.9 Å². The zero-order chi connectivity index (χ0) is 11.2.